The van der Waals surface area contributed by atoms with Crippen LogP contribution >= 0.6 is 0 Å². The van der Waals surface area contributed by atoms with Gasteiger partial charge < -0.3 is 5.11 Å². The first-order valence-electron chi connectivity index (χ1n) is 4.55. The summed E-state index contributed by atoms with van der Waals surface area (Å²) in [5.41, 5.74) is 0.706. The van der Waals surface area contributed by atoms with Crippen LogP contribution < -0.4 is 0 Å². The van der Waals surface area contributed by atoms with Crippen LogP contribution in [0, 0.1) is 0 Å². The van der Waals surface area contributed by atoms with Crippen molar-refractivity contribution in [3.63, 3.8) is 0 Å². The van der Waals surface area contributed by atoms with Gasteiger partial charge in [0.15, 0.2) is 0 Å². The molecule has 0 fully saturated rings. The summed E-state index contributed by atoms with van der Waals surface area (Å²) in [6.07, 6.45) is 3.05. The van der Waals surface area contributed by atoms with Crippen molar-refractivity contribution in [2.75, 3.05) is 0 Å². The predicted molar refractivity (Wildman–Crippen MR) is 57.2 cm³/mol. The largest absolute Gasteiger partial charge is 0.478 e. The molecule has 0 saturated carbocycles. The molecule has 1 rings (SSSR count). The van der Waals surface area contributed by atoms with E-state index in [1.165, 1.54) is 24.3 Å². The number of aliphatic carboxylic acids is 1. The Balaban J connectivity index is 2.65. The molecule has 2 nitrogen and oxygen atoms in total. The maximum atomic E-state index is 12.2. The Morgan fingerprint density at radius 1 is 1.19 bits per heavy atom. The molecular weight excluding hydrogens is 214 g/mol. The van der Waals surface area contributed by atoms with Gasteiger partial charge in [0.25, 0.3) is 6.43 Å². The molecule has 0 bridgehead atoms. The monoisotopic (exact) mass is 224 g/mol. The molecular formula is C12H10F2O2. The Labute approximate surface area is 91.5 Å². The first kappa shape index (κ1) is 12.1. The van der Waals surface area contributed by atoms with Gasteiger partial charge in [0.05, 0.1) is 0 Å². The third-order valence-electron chi connectivity index (χ3n) is 1.83. The number of rotatable bonds is 4. The Morgan fingerprint density at radius 2 is 1.81 bits per heavy atom. The van der Waals surface area contributed by atoms with E-state index < -0.39 is 12.4 Å². The lowest BCUT2D eigenvalue weighted by atomic mass is 10.1. The van der Waals surface area contributed by atoms with Gasteiger partial charge in [0.2, 0.25) is 0 Å². The van der Waals surface area contributed by atoms with Crippen molar-refractivity contribution in [3.8, 4) is 0 Å². The predicted octanol–water partition coefficient (Wildman–Crippen LogP) is 3.28. The topological polar surface area (TPSA) is 37.3 Å². The molecule has 4 heteroatoms. The van der Waals surface area contributed by atoms with Crippen molar-refractivity contribution in [2.45, 2.75) is 6.43 Å². The van der Waals surface area contributed by atoms with Crippen molar-refractivity contribution >= 4 is 12.0 Å². The lowest BCUT2D eigenvalue weighted by molar-refractivity contribution is -0.131. The minimum Gasteiger partial charge on any atom is -0.478 e. The van der Waals surface area contributed by atoms with Crippen molar-refractivity contribution in [3.05, 3.63) is 53.6 Å². The normalized spacial score (nSPS) is 11.7. The Morgan fingerprint density at radius 3 is 2.31 bits per heavy atom. The molecule has 0 saturated heterocycles. The van der Waals surface area contributed by atoms with Crippen LogP contribution in [0.3, 0.4) is 0 Å². The minimum atomic E-state index is -2.47. The van der Waals surface area contributed by atoms with Crippen LogP contribution in [0.15, 0.2) is 42.5 Å². The summed E-state index contributed by atoms with van der Waals surface area (Å²) in [7, 11) is 0. The number of allylic oxidation sites excluding steroid dienone is 2. The van der Waals surface area contributed by atoms with E-state index in [0.717, 1.165) is 11.6 Å². The Bertz CT molecular complexity index is 406. The highest BCUT2D eigenvalue weighted by atomic mass is 19.3. The number of carbonyl (C=O) groups is 1. The van der Waals surface area contributed by atoms with Gasteiger partial charge in [0.1, 0.15) is 0 Å². The molecule has 0 spiro atoms. The lowest BCUT2D eigenvalue weighted by Crippen LogP contribution is -1.84. The average Bonchev–Trinajstić information content (AvgIpc) is 2.25. The molecule has 16 heavy (non-hydrogen) atoms. The number of hydrogen-bond donors (Lipinski definition) is 1. The van der Waals surface area contributed by atoms with E-state index in [-0.39, 0.29) is 5.56 Å². The molecule has 0 aliphatic heterocycles. The fourth-order valence-electron chi connectivity index (χ4n) is 1.06. The quantitative estimate of drug-likeness (QED) is 0.629. The first-order chi connectivity index (χ1) is 7.59. The third kappa shape index (κ3) is 4.04. The van der Waals surface area contributed by atoms with E-state index in [9.17, 15) is 13.6 Å². The van der Waals surface area contributed by atoms with Crippen LogP contribution in [0.25, 0.3) is 6.08 Å². The van der Waals surface area contributed by atoms with Crippen molar-refractivity contribution in [1.82, 2.24) is 0 Å². The molecule has 0 radical (unpaired) electrons. The van der Waals surface area contributed by atoms with E-state index in [0.29, 0.717) is 0 Å². The molecule has 0 amide bonds. The minimum absolute atomic E-state index is 0.0294. The molecule has 0 atom stereocenters. The second kappa shape index (κ2) is 5.80. The maximum absolute atomic E-state index is 12.2. The van der Waals surface area contributed by atoms with Gasteiger partial charge in [-0.2, -0.15) is 0 Å². The van der Waals surface area contributed by atoms with Gasteiger partial charge in [-0.15, -0.1) is 0 Å². The molecule has 0 aliphatic rings. The van der Waals surface area contributed by atoms with Gasteiger partial charge in [-0.1, -0.05) is 42.5 Å². The molecule has 0 heterocycles. The number of hydrogen-bond acceptors (Lipinski definition) is 1. The SMILES string of the molecule is O=C(O)C=CC=Cc1ccc(C(F)F)cc1. The molecule has 84 valence electrons. The van der Waals surface area contributed by atoms with Gasteiger partial charge in [-0.25, -0.2) is 13.6 Å². The summed E-state index contributed by atoms with van der Waals surface area (Å²) in [4.78, 5) is 10.1. The number of alkyl halides is 2. The zero-order valence-corrected chi connectivity index (χ0v) is 8.31. The lowest BCUT2D eigenvalue weighted by Gasteiger charge is -1.98. The highest BCUT2D eigenvalue weighted by molar-refractivity contribution is 5.80. The smallest absolute Gasteiger partial charge is 0.328 e. The van der Waals surface area contributed by atoms with E-state index in [1.807, 2.05) is 0 Å². The van der Waals surface area contributed by atoms with E-state index in [1.54, 1.807) is 18.2 Å². The summed E-state index contributed by atoms with van der Waals surface area (Å²) >= 11 is 0. The van der Waals surface area contributed by atoms with Crippen molar-refractivity contribution in [1.29, 1.82) is 0 Å². The van der Waals surface area contributed by atoms with E-state index in [2.05, 4.69) is 0 Å². The zero-order valence-electron chi connectivity index (χ0n) is 8.31. The second-order valence-electron chi connectivity index (χ2n) is 3.02. The summed E-state index contributed by atoms with van der Waals surface area (Å²) < 4.78 is 24.4. The van der Waals surface area contributed by atoms with Gasteiger partial charge in [-0.3, -0.25) is 0 Å². The molecule has 1 aromatic carbocycles. The Kier molecular flexibility index (Phi) is 4.39. The average molecular weight is 224 g/mol. The van der Waals surface area contributed by atoms with Crippen LogP contribution in [0.2, 0.25) is 0 Å². The summed E-state index contributed by atoms with van der Waals surface area (Å²) in [6, 6.07) is 5.77. The van der Waals surface area contributed by atoms with E-state index in [4.69, 9.17) is 5.11 Å². The van der Waals surface area contributed by atoms with Crippen LogP contribution in [-0.4, -0.2) is 11.1 Å². The third-order valence-corrected chi connectivity index (χ3v) is 1.83. The van der Waals surface area contributed by atoms with Gasteiger partial charge in [0, 0.05) is 11.6 Å². The van der Waals surface area contributed by atoms with Crippen LogP contribution in [0.1, 0.15) is 17.6 Å². The van der Waals surface area contributed by atoms with Crippen LogP contribution in [0.5, 0.6) is 0 Å². The van der Waals surface area contributed by atoms with Crippen LogP contribution in [-0.2, 0) is 4.79 Å². The molecule has 0 unspecified atom stereocenters. The van der Waals surface area contributed by atoms with Crippen molar-refractivity contribution < 1.29 is 18.7 Å². The maximum Gasteiger partial charge on any atom is 0.328 e. The standard InChI is InChI=1S/C12H10F2O2/c13-12(14)10-7-5-9(6-8-10)3-1-2-4-11(15)16/h1-8,12H,(H,15,16). The van der Waals surface area contributed by atoms with E-state index >= 15 is 0 Å². The van der Waals surface area contributed by atoms with Gasteiger partial charge in [-0.05, 0) is 5.56 Å². The summed E-state index contributed by atoms with van der Waals surface area (Å²) in [5.74, 6) is -1.03. The zero-order chi connectivity index (χ0) is 12.0. The second-order valence-corrected chi connectivity index (χ2v) is 3.02. The highest BCUT2D eigenvalue weighted by Gasteiger charge is 2.04. The Hall–Kier alpha value is -1.97. The molecule has 1 aromatic rings. The number of halogens is 2. The fourth-order valence-corrected chi connectivity index (χ4v) is 1.06. The number of carboxylic acid groups (broad SMARTS) is 1. The highest BCUT2D eigenvalue weighted by Crippen LogP contribution is 2.18. The summed E-state index contributed by atoms with van der Waals surface area (Å²) in [5, 5.41) is 8.30. The van der Waals surface area contributed by atoms with Gasteiger partial charge >= 0.3 is 5.97 Å². The van der Waals surface area contributed by atoms with Crippen LogP contribution in [0.4, 0.5) is 8.78 Å². The molecule has 1 N–H and O–H groups in total. The fraction of sp³-hybridized carbons (Fsp3) is 0.0833. The molecule has 0 aliphatic carbocycles. The van der Waals surface area contributed by atoms with Crippen molar-refractivity contribution in [2.24, 2.45) is 0 Å². The number of benzene rings is 1. The molecule has 0 aromatic heterocycles. The summed E-state index contributed by atoms with van der Waals surface area (Å²) in [6.45, 7) is 0. The first-order valence-corrected chi connectivity index (χ1v) is 4.55. The number of carboxylic acids is 1.